The van der Waals surface area contributed by atoms with Crippen molar-refractivity contribution in [3.05, 3.63) is 76.3 Å². The van der Waals surface area contributed by atoms with Gasteiger partial charge in [-0.3, -0.25) is 4.79 Å². The summed E-state index contributed by atoms with van der Waals surface area (Å²) in [7, 11) is 0. The quantitative estimate of drug-likeness (QED) is 0.608. The van der Waals surface area contributed by atoms with E-state index in [0.717, 1.165) is 21.8 Å². The van der Waals surface area contributed by atoms with Gasteiger partial charge in [0, 0.05) is 24.0 Å². The van der Waals surface area contributed by atoms with E-state index in [9.17, 15) is 4.79 Å². The number of hydrogen-bond donors (Lipinski definition) is 0. The number of benzene rings is 2. The van der Waals surface area contributed by atoms with Crippen LogP contribution in [0.25, 0.3) is 10.6 Å². The van der Waals surface area contributed by atoms with Gasteiger partial charge in [-0.05, 0) is 18.6 Å². The molecule has 0 atom stereocenters. The average Bonchev–Trinajstić information content (AvgIpc) is 3.09. The zero-order chi connectivity index (χ0) is 17.6. The zero-order valence-electron chi connectivity index (χ0n) is 14.0. The summed E-state index contributed by atoms with van der Waals surface area (Å²) in [6, 6.07) is 17.7. The maximum Gasteiger partial charge on any atom is 0.228 e. The SMILES string of the molecule is CCN(Cc1ccccc1)C(=O)Cc1csc(-c2ccccc2Cl)n1. The number of thiazole rings is 1. The first kappa shape index (κ1) is 17.6. The van der Waals surface area contributed by atoms with E-state index in [1.54, 1.807) is 0 Å². The summed E-state index contributed by atoms with van der Waals surface area (Å²) < 4.78 is 0. The van der Waals surface area contributed by atoms with Gasteiger partial charge in [-0.2, -0.15) is 0 Å². The lowest BCUT2D eigenvalue weighted by Crippen LogP contribution is -2.31. The van der Waals surface area contributed by atoms with Gasteiger partial charge in [-0.25, -0.2) is 4.98 Å². The Balaban J connectivity index is 1.69. The van der Waals surface area contributed by atoms with Gasteiger partial charge >= 0.3 is 0 Å². The number of carbonyl (C=O) groups is 1. The van der Waals surface area contributed by atoms with Crippen LogP contribution in [0, 0.1) is 0 Å². The Bertz CT molecular complexity index is 848. The van der Waals surface area contributed by atoms with Gasteiger partial charge < -0.3 is 4.90 Å². The van der Waals surface area contributed by atoms with Crippen molar-refractivity contribution >= 4 is 28.8 Å². The molecule has 0 bridgehead atoms. The minimum absolute atomic E-state index is 0.0855. The lowest BCUT2D eigenvalue weighted by atomic mass is 10.2. The Morgan fingerprint density at radius 2 is 1.84 bits per heavy atom. The molecule has 1 heterocycles. The van der Waals surface area contributed by atoms with E-state index in [-0.39, 0.29) is 5.91 Å². The Kier molecular flexibility index (Phi) is 5.84. The van der Waals surface area contributed by atoms with E-state index >= 15 is 0 Å². The lowest BCUT2D eigenvalue weighted by molar-refractivity contribution is -0.130. The van der Waals surface area contributed by atoms with E-state index in [4.69, 9.17) is 11.6 Å². The fourth-order valence-corrected chi connectivity index (χ4v) is 3.73. The Morgan fingerprint density at radius 3 is 2.56 bits per heavy atom. The predicted octanol–water partition coefficient (Wildman–Crippen LogP) is 5.05. The van der Waals surface area contributed by atoms with E-state index in [0.29, 0.717) is 24.5 Å². The molecule has 0 saturated heterocycles. The maximum atomic E-state index is 12.6. The van der Waals surface area contributed by atoms with Gasteiger partial charge in [-0.1, -0.05) is 60.1 Å². The van der Waals surface area contributed by atoms with Crippen LogP contribution in [0.3, 0.4) is 0 Å². The van der Waals surface area contributed by atoms with Gasteiger partial charge in [0.2, 0.25) is 5.91 Å². The fourth-order valence-electron chi connectivity index (χ4n) is 2.59. The van der Waals surface area contributed by atoms with Gasteiger partial charge in [0.25, 0.3) is 0 Å². The molecule has 1 aromatic heterocycles. The van der Waals surface area contributed by atoms with Crippen molar-refractivity contribution in [2.45, 2.75) is 19.9 Å². The van der Waals surface area contributed by atoms with Crippen LogP contribution in [0.4, 0.5) is 0 Å². The summed E-state index contributed by atoms with van der Waals surface area (Å²) in [4.78, 5) is 19.1. The first-order valence-electron chi connectivity index (χ1n) is 8.18. The van der Waals surface area contributed by atoms with Crippen LogP contribution in [0.5, 0.6) is 0 Å². The second-order valence-corrected chi connectivity index (χ2v) is 6.96. The third-order valence-electron chi connectivity index (χ3n) is 3.94. The van der Waals surface area contributed by atoms with Crippen LogP contribution in [0.1, 0.15) is 18.2 Å². The number of nitrogens with zero attached hydrogens (tertiary/aromatic N) is 2. The molecule has 2 aromatic carbocycles. The minimum Gasteiger partial charge on any atom is -0.338 e. The van der Waals surface area contributed by atoms with Crippen molar-refractivity contribution in [1.29, 1.82) is 0 Å². The molecule has 128 valence electrons. The zero-order valence-corrected chi connectivity index (χ0v) is 15.6. The molecule has 0 aliphatic rings. The molecular weight excluding hydrogens is 352 g/mol. The van der Waals surface area contributed by atoms with Gasteiger partial charge in [0.15, 0.2) is 0 Å². The average molecular weight is 371 g/mol. The molecule has 25 heavy (non-hydrogen) atoms. The molecule has 0 saturated carbocycles. The number of amides is 1. The van der Waals surface area contributed by atoms with Crippen LogP contribution in [-0.2, 0) is 17.8 Å². The third kappa shape index (κ3) is 4.47. The number of aromatic nitrogens is 1. The molecule has 0 aliphatic heterocycles. The van der Waals surface area contributed by atoms with Crippen molar-refractivity contribution in [3.8, 4) is 10.6 Å². The highest BCUT2D eigenvalue weighted by molar-refractivity contribution is 7.13. The largest absolute Gasteiger partial charge is 0.338 e. The number of halogens is 1. The topological polar surface area (TPSA) is 33.2 Å². The number of rotatable bonds is 6. The Labute approximate surface area is 156 Å². The normalized spacial score (nSPS) is 10.6. The molecule has 0 unspecified atom stereocenters. The number of carbonyl (C=O) groups excluding carboxylic acids is 1. The summed E-state index contributed by atoms with van der Waals surface area (Å²) in [5.41, 5.74) is 2.83. The minimum atomic E-state index is 0.0855. The van der Waals surface area contributed by atoms with E-state index < -0.39 is 0 Å². The molecule has 5 heteroatoms. The molecule has 0 spiro atoms. The van der Waals surface area contributed by atoms with Crippen LogP contribution in [0.2, 0.25) is 5.02 Å². The second kappa shape index (κ2) is 8.28. The van der Waals surface area contributed by atoms with Gasteiger partial charge in [-0.15, -0.1) is 11.3 Å². The van der Waals surface area contributed by atoms with Gasteiger partial charge in [0.05, 0.1) is 17.1 Å². The molecular formula is C20H19ClN2OS. The van der Waals surface area contributed by atoms with Gasteiger partial charge in [0.1, 0.15) is 5.01 Å². The van der Waals surface area contributed by atoms with Crippen LogP contribution in [0.15, 0.2) is 60.0 Å². The van der Waals surface area contributed by atoms with Crippen LogP contribution in [-0.4, -0.2) is 22.3 Å². The van der Waals surface area contributed by atoms with E-state index in [2.05, 4.69) is 4.98 Å². The smallest absolute Gasteiger partial charge is 0.228 e. The highest BCUT2D eigenvalue weighted by Gasteiger charge is 2.15. The molecule has 0 aliphatic carbocycles. The fraction of sp³-hybridized carbons (Fsp3) is 0.200. The van der Waals surface area contributed by atoms with Crippen molar-refractivity contribution in [2.75, 3.05) is 6.54 Å². The third-order valence-corrected chi connectivity index (χ3v) is 5.19. The summed E-state index contributed by atoms with van der Waals surface area (Å²) in [5.74, 6) is 0.0855. The van der Waals surface area contributed by atoms with Crippen LogP contribution >= 0.6 is 22.9 Å². The Morgan fingerprint density at radius 1 is 1.12 bits per heavy atom. The second-order valence-electron chi connectivity index (χ2n) is 5.69. The highest BCUT2D eigenvalue weighted by Crippen LogP contribution is 2.30. The monoisotopic (exact) mass is 370 g/mol. The van der Waals surface area contributed by atoms with Crippen molar-refractivity contribution < 1.29 is 4.79 Å². The molecule has 3 nitrogen and oxygen atoms in total. The summed E-state index contributed by atoms with van der Waals surface area (Å²) in [6.45, 7) is 3.30. The first-order valence-corrected chi connectivity index (χ1v) is 9.44. The molecule has 3 aromatic rings. The van der Waals surface area contributed by atoms with Crippen molar-refractivity contribution in [3.63, 3.8) is 0 Å². The lowest BCUT2D eigenvalue weighted by Gasteiger charge is -2.20. The highest BCUT2D eigenvalue weighted by atomic mass is 35.5. The van der Waals surface area contributed by atoms with E-state index in [1.807, 2.05) is 71.8 Å². The predicted molar refractivity (Wildman–Crippen MR) is 104 cm³/mol. The van der Waals surface area contributed by atoms with Crippen LogP contribution < -0.4 is 0 Å². The number of likely N-dealkylation sites (N-methyl/N-ethyl adjacent to an activating group) is 1. The molecule has 0 radical (unpaired) electrons. The van der Waals surface area contributed by atoms with Crippen molar-refractivity contribution in [1.82, 2.24) is 9.88 Å². The molecule has 3 rings (SSSR count). The summed E-state index contributed by atoms with van der Waals surface area (Å²) in [6.07, 6.45) is 0.307. The molecule has 0 fully saturated rings. The summed E-state index contributed by atoms with van der Waals surface area (Å²) in [5, 5.41) is 3.46. The molecule has 1 amide bonds. The maximum absolute atomic E-state index is 12.6. The first-order chi connectivity index (χ1) is 12.2. The van der Waals surface area contributed by atoms with E-state index in [1.165, 1.54) is 11.3 Å². The van der Waals surface area contributed by atoms with Crippen molar-refractivity contribution in [2.24, 2.45) is 0 Å². The number of hydrogen-bond acceptors (Lipinski definition) is 3. The molecule has 0 N–H and O–H groups in total. The standard InChI is InChI=1S/C20H19ClN2OS/c1-2-23(13-15-8-4-3-5-9-15)19(24)12-16-14-25-20(22-16)17-10-6-7-11-18(17)21/h3-11,14H,2,12-13H2,1H3. The summed E-state index contributed by atoms with van der Waals surface area (Å²) >= 11 is 7.74. The Hall–Kier alpha value is -2.17.